The Balaban J connectivity index is 1.67. The predicted molar refractivity (Wildman–Crippen MR) is 103 cm³/mol. The van der Waals surface area contributed by atoms with Crippen molar-refractivity contribution in [2.24, 2.45) is 0 Å². The number of ether oxygens (including phenoxy) is 1. The van der Waals surface area contributed by atoms with Crippen LogP contribution in [0.5, 0.6) is 0 Å². The van der Waals surface area contributed by atoms with Crippen LogP contribution in [-0.4, -0.2) is 47.3 Å². The summed E-state index contributed by atoms with van der Waals surface area (Å²) in [6, 6.07) is 3.66. The number of thioether (sulfide) groups is 1. The average molecular weight is 392 g/mol. The smallest absolute Gasteiger partial charge is 0.326 e. The SMILES string of the molecule is CC(C)(C)OC(=O)CN1C(=O)SC(=Cc2ccc(N3CCCCC3)o2)C1=O. The maximum atomic E-state index is 12.5. The van der Waals surface area contributed by atoms with E-state index >= 15 is 0 Å². The number of esters is 1. The highest BCUT2D eigenvalue weighted by molar-refractivity contribution is 8.18. The zero-order valence-electron chi connectivity index (χ0n) is 15.8. The normalized spacial score (nSPS) is 19.9. The molecule has 3 rings (SSSR count). The van der Waals surface area contributed by atoms with Crippen LogP contribution in [0.4, 0.5) is 10.7 Å². The van der Waals surface area contributed by atoms with Gasteiger partial charge in [-0.25, -0.2) is 0 Å². The van der Waals surface area contributed by atoms with Crippen molar-refractivity contribution in [1.82, 2.24) is 4.90 Å². The molecule has 1 aromatic rings. The van der Waals surface area contributed by atoms with Crippen LogP contribution in [0.25, 0.3) is 6.08 Å². The third-order valence-corrected chi connectivity index (χ3v) is 5.04. The minimum absolute atomic E-state index is 0.239. The van der Waals surface area contributed by atoms with Crippen molar-refractivity contribution in [3.8, 4) is 0 Å². The summed E-state index contributed by atoms with van der Waals surface area (Å²) in [7, 11) is 0. The fourth-order valence-corrected chi connectivity index (χ4v) is 3.79. The number of carbonyl (C=O) groups excluding carboxylic acids is 3. The molecular formula is C19H24N2O5S. The number of imide groups is 1. The van der Waals surface area contributed by atoms with Gasteiger partial charge in [0.1, 0.15) is 17.9 Å². The van der Waals surface area contributed by atoms with Gasteiger partial charge in [-0.15, -0.1) is 0 Å². The van der Waals surface area contributed by atoms with E-state index in [0.717, 1.165) is 48.5 Å². The van der Waals surface area contributed by atoms with Crippen LogP contribution in [0.1, 0.15) is 45.8 Å². The molecule has 7 nitrogen and oxygen atoms in total. The van der Waals surface area contributed by atoms with Gasteiger partial charge in [0.25, 0.3) is 11.1 Å². The third kappa shape index (κ3) is 4.94. The zero-order chi connectivity index (χ0) is 19.6. The van der Waals surface area contributed by atoms with Crippen LogP contribution >= 0.6 is 11.8 Å². The van der Waals surface area contributed by atoms with Gasteiger partial charge in [0.15, 0.2) is 5.88 Å². The van der Waals surface area contributed by atoms with Crippen molar-refractivity contribution in [3.63, 3.8) is 0 Å². The summed E-state index contributed by atoms with van der Waals surface area (Å²) in [4.78, 5) is 39.9. The van der Waals surface area contributed by atoms with Gasteiger partial charge in [0.2, 0.25) is 0 Å². The van der Waals surface area contributed by atoms with Gasteiger partial charge in [-0.1, -0.05) is 0 Å². The first-order chi connectivity index (χ1) is 12.7. The lowest BCUT2D eigenvalue weighted by molar-refractivity contribution is -0.156. The maximum absolute atomic E-state index is 12.5. The molecule has 0 atom stereocenters. The molecule has 2 amide bonds. The number of anilines is 1. The molecule has 0 radical (unpaired) electrons. The Labute approximate surface area is 162 Å². The summed E-state index contributed by atoms with van der Waals surface area (Å²) in [5.41, 5.74) is -0.673. The second-order valence-corrected chi connectivity index (χ2v) is 8.57. The monoisotopic (exact) mass is 392 g/mol. The van der Waals surface area contributed by atoms with Gasteiger partial charge < -0.3 is 14.1 Å². The van der Waals surface area contributed by atoms with Gasteiger partial charge in [-0.3, -0.25) is 19.3 Å². The molecule has 2 aliphatic rings. The molecule has 2 saturated heterocycles. The van der Waals surface area contributed by atoms with Gasteiger partial charge in [0, 0.05) is 25.2 Å². The molecule has 0 saturated carbocycles. The number of furan rings is 1. The lowest BCUT2D eigenvalue weighted by Gasteiger charge is -2.25. The summed E-state index contributed by atoms with van der Waals surface area (Å²) in [6.45, 7) is 6.72. The number of carbonyl (C=O) groups is 3. The number of amides is 2. The molecule has 146 valence electrons. The molecule has 3 heterocycles. The molecule has 8 heteroatoms. The Kier molecular flexibility index (Phi) is 5.64. The van der Waals surface area contributed by atoms with Crippen molar-refractivity contribution in [1.29, 1.82) is 0 Å². The second-order valence-electron chi connectivity index (χ2n) is 7.58. The minimum atomic E-state index is -0.673. The molecule has 2 aliphatic heterocycles. The lowest BCUT2D eigenvalue weighted by atomic mass is 10.1. The van der Waals surface area contributed by atoms with Gasteiger partial charge in [-0.2, -0.15) is 0 Å². The average Bonchev–Trinajstić information content (AvgIpc) is 3.15. The van der Waals surface area contributed by atoms with Crippen molar-refractivity contribution >= 4 is 40.8 Å². The minimum Gasteiger partial charge on any atom is -0.459 e. The fourth-order valence-electron chi connectivity index (χ4n) is 2.97. The maximum Gasteiger partial charge on any atom is 0.326 e. The number of rotatable bonds is 4. The molecule has 0 N–H and O–H groups in total. The quantitative estimate of drug-likeness (QED) is 0.571. The Morgan fingerprint density at radius 1 is 1.22 bits per heavy atom. The highest BCUT2D eigenvalue weighted by Gasteiger charge is 2.37. The van der Waals surface area contributed by atoms with Gasteiger partial charge in [-0.05, 0) is 57.9 Å². The summed E-state index contributed by atoms with van der Waals surface area (Å²) < 4.78 is 11.0. The molecule has 0 bridgehead atoms. The number of piperidine rings is 1. The largest absolute Gasteiger partial charge is 0.459 e. The number of hydrogen-bond acceptors (Lipinski definition) is 7. The van der Waals surface area contributed by atoms with Crippen molar-refractivity contribution in [3.05, 3.63) is 22.8 Å². The van der Waals surface area contributed by atoms with E-state index in [-0.39, 0.29) is 4.91 Å². The molecule has 27 heavy (non-hydrogen) atoms. The van der Waals surface area contributed by atoms with Crippen molar-refractivity contribution in [2.75, 3.05) is 24.5 Å². The van der Waals surface area contributed by atoms with Crippen LogP contribution in [0.2, 0.25) is 0 Å². The summed E-state index contributed by atoms with van der Waals surface area (Å²) >= 11 is 0.799. The van der Waals surface area contributed by atoms with Crippen LogP contribution in [0.15, 0.2) is 21.5 Å². The van der Waals surface area contributed by atoms with E-state index in [2.05, 4.69) is 4.90 Å². The molecule has 0 spiro atoms. The van der Waals surface area contributed by atoms with E-state index in [1.165, 1.54) is 6.42 Å². The molecule has 0 aromatic carbocycles. The number of nitrogens with zero attached hydrogens (tertiary/aromatic N) is 2. The summed E-state index contributed by atoms with van der Waals surface area (Å²) in [5.74, 6) is 0.162. The highest BCUT2D eigenvalue weighted by Crippen LogP contribution is 2.33. The van der Waals surface area contributed by atoms with Gasteiger partial charge in [0.05, 0.1) is 4.91 Å². The van der Waals surface area contributed by atoms with Crippen LogP contribution in [0, 0.1) is 0 Å². The summed E-state index contributed by atoms with van der Waals surface area (Å²) in [5, 5.41) is -0.486. The molecule has 0 aliphatic carbocycles. The Hall–Kier alpha value is -2.22. The Morgan fingerprint density at radius 3 is 2.59 bits per heavy atom. The second kappa shape index (κ2) is 7.80. The first kappa shape index (κ1) is 19.5. The van der Waals surface area contributed by atoms with Crippen LogP contribution < -0.4 is 4.90 Å². The van der Waals surface area contributed by atoms with Gasteiger partial charge >= 0.3 is 5.97 Å². The Morgan fingerprint density at radius 2 is 1.93 bits per heavy atom. The van der Waals surface area contributed by atoms with E-state index in [9.17, 15) is 14.4 Å². The standard InChI is InChI=1S/C19H24N2O5S/c1-19(2,3)26-16(22)12-21-17(23)14(27-18(21)24)11-13-7-8-15(25-13)20-9-5-4-6-10-20/h7-8,11H,4-6,9-10,12H2,1-3H3. The fraction of sp³-hybridized carbons (Fsp3) is 0.526. The molecule has 1 aromatic heterocycles. The first-order valence-electron chi connectivity index (χ1n) is 9.05. The van der Waals surface area contributed by atoms with E-state index in [4.69, 9.17) is 9.15 Å². The van der Waals surface area contributed by atoms with Crippen LogP contribution in [0.3, 0.4) is 0 Å². The first-order valence-corrected chi connectivity index (χ1v) is 9.86. The van der Waals surface area contributed by atoms with Crippen molar-refractivity contribution in [2.45, 2.75) is 45.6 Å². The molecular weight excluding hydrogens is 368 g/mol. The van der Waals surface area contributed by atoms with E-state index in [1.54, 1.807) is 32.9 Å². The predicted octanol–water partition coefficient (Wildman–Crippen LogP) is 3.65. The topological polar surface area (TPSA) is 80.1 Å². The molecule has 2 fully saturated rings. The van der Waals surface area contributed by atoms with Crippen molar-refractivity contribution < 1.29 is 23.5 Å². The third-order valence-electron chi connectivity index (χ3n) is 4.13. The highest BCUT2D eigenvalue weighted by atomic mass is 32.2. The van der Waals surface area contributed by atoms with E-state index < -0.39 is 29.3 Å². The Bertz CT molecular complexity index is 771. The van der Waals surface area contributed by atoms with Crippen LogP contribution in [-0.2, 0) is 14.3 Å². The number of hydrogen-bond donors (Lipinski definition) is 0. The van der Waals surface area contributed by atoms with E-state index in [0.29, 0.717) is 5.76 Å². The molecule has 0 unspecified atom stereocenters. The lowest BCUT2D eigenvalue weighted by Crippen LogP contribution is -2.37. The zero-order valence-corrected chi connectivity index (χ0v) is 16.6. The summed E-state index contributed by atoms with van der Waals surface area (Å²) in [6.07, 6.45) is 5.06. The van der Waals surface area contributed by atoms with E-state index in [1.807, 2.05) is 6.07 Å².